The molecule has 0 aromatic heterocycles. The Bertz CT molecular complexity index is 459. The number of carboxylic acids is 1. The second-order valence-electron chi connectivity index (χ2n) is 9.98. The highest BCUT2D eigenvalue weighted by Crippen LogP contribution is 2.59. The van der Waals surface area contributed by atoms with E-state index in [4.69, 9.17) is 4.43 Å². The van der Waals surface area contributed by atoms with Crippen molar-refractivity contribution in [3.8, 4) is 0 Å². The predicted octanol–water partition coefficient (Wildman–Crippen LogP) is 5.95. The number of carbonyl (C=O) groups is 1. The molecule has 2 aliphatic carbocycles. The van der Waals surface area contributed by atoms with E-state index in [9.17, 15) is 9.90 Å². The Morgan fingerprint density at radius 2 is 1.96 bits per heavy atom. The van der Waals surface area contributed by atoms with Gasteiger partial charge in [0.05, 0.1) is 5.92 Å². The number of rotatable bonds is 8. The SMILES string of the molecule is CCC[C@H](CC(C)C(=O)O)[C@H]1CCC2C(O[Si](C)(C)C)CCC[C@@]21C. The summed E-state index contributed by atoms with van der Waals surface area (Å²) in [7, 11) is -1.52. The van der Waals surface area contributed by atoms with Gasteiger partial charge in [-0.05, 0) is 74.9 Å². The van der Waals surface area contributed by atoms with E-state index in [-0.39, 0.29) is 5.92 Å². The molecule has 0 heterocycles. The van der Waals surface area contributed by atoms with Gasteiger partial charge in [0.1, 0.15) is 0 Å². The lowest BCUT2D eigenvalue weighted by molar-refractivity contribution is -0.142. The van der Waals surface area contributed by atoms with Crippen LogP contribution in [0.3, 0.4) is 0 Å². The van der Waals surface area contributed by atoms with Gasteiger partial charge in [0.15, 0.2) is 8.32 Å². The molecule has 2 saturated carbocycles. The van der Waals surface area contributed by atoms with E-state index in [1.165, 1.54) is 38.5 Å². The predicted molar refractivity (Wildman–Crippen MR) is 106 cm³/mol. The first kappa shape index (κ1) is 21.0. The fourth-order valence-corrected chi connectivity index (χ4v) is 7.13. The van der Waals surface area contributed by atoms with Crippen LogP contribution in [0.5, 0.6) is 0 Å². The van der Waals surface area contributed by atoms with Crippen molar-refractivity contribution < 1.29 is 14.3 Å². The Hall–Kier alpha value is -0.353. The minimum absolute atomic E-state index is 0.225. The number of fused-ring (bicyclic) bond motifs is 1. The molecule has 0 radical (unpaired) electrons. The molecular formula is C21H40O3Si. The molecule has 0 bridgehead atoms. The van der Waals surface area contributed by atoms with E-state index in [2.05, 4.69) is 33.5 Å². The summed E-state index contributed by atoms with van der Waals surface area (Å²) < 4.78 is 6.61. The molecule has 2 fully saturated rings. The fourth-order valence-electron chi connectivity index (χ4n) is 5.94. The molecule has 2 aliphatic rings. The molecule has 3 unspecified atom stereocenters. The monoisotopic (exact) mass is 368 g/mol. The van der Waals surface area contributed by atoms with Crippen molar-refractivity contribution in [2.45, 2.75) is 97.9 Å². The molecule has 0 spiro atoms. The molecule has 0 aromatic carbocycles. The van der Waals surface area contributed by atoms with E-state index in [0.717, 1.165) is 12.8 Å². The minimum Gasteiger partial charge on any atom is -0.481 e. The van der Waals surface area contributed by atoms with Crippen LogP contribution < -0.4 is 0 Å². The van der Waals surface area contributed by atoms with Crippen LogP contribution >= 0.6 is 0 Å². The van der Waals surface area contributed by atoms with Crippen molar-refractivity contribution in [1.82, 2.24) is 0 Å². The number of aliphatic carboxylic acids is 1. The maximum Gasteiger partial charge on any atom is 0.306 e. The number of carboxylic acid groups (broad SMARTS) is 1. The van der Waals surface area contributed by atoms with Gasteiger partial charge in [-0.15, -0.1) is 0 Å². The summed E-state index contributed by atoms with van der Waals surface area (Å²) in [6.07, 6.45) is 9.95. The average Bonchev–Trinajstić information content (AvgIpc) is 2.83. The topological polar surface area (TPSA) is 46.5 Å². The summed E-state index contributed by atoms with van der Waals surface area (Å²) in [6, 6.07) is 0. The van der Waals surface area contributed by atoms with E-state index in [0.29, 0.717) is 29.3 Å². The van der Waals surface area contributed by atoms with Crippen molar-refractivity contribution in [3.05, 3.63) is 0 Å². The Kier molecular flexibility index (Phi) is 6.81. The zero-order valence-electron chi connectivity index (χ0n) is 17.3. The van der Waals surface area contributed by atoms with E-state index in [1.54, 1.807) is 0 Å². The van der Waals surface area contributed by atoms with Crippen LogP contribution in [0.1, 0.15) is 72.1 Å². The largest absolute Gasteiger partial charge is 0.481 e. The van der Waals surface area contributed by atoms with E-state index in [1.807, 2.05) is 6.92 Å². The average molecular weight is 369 g/mol. The van der Waals surface area contributed by atoms with Gasteiger partial charge in [0.2, 0.25) is 0 Å². The third-order valence-corrected chi connectivity index (χ3v) is 7.96. The Morgan fingerprint density at radius 1 is 1.28 bits per heavy atom. The normalized spacial score (nSPS) is 35.2. The van der Waals surface area contributed by atoms with Gasteiger partial charge in [-0.25, -0.2) is 0 Å². The highest BCUT2D eigenvalue weighted by atomic mass is 28.4. The zero-order valence-corrected chi connectivity index (χ0v) is 18.3. The zero-order chi connectivity index (χ0) is 18.8. The van der Waals surface area contributed by atoms with Crippen molar-refractivity contribution >= 4 is 14.3 Å². The van der Waals surface area contributed by atoms with E-state index >= 15 is 0 Å². The van der Waals surface area contributed by atoms with Gasteiger partial charge < -0.3 is 9.53 Å². The molecule has 1 N–H and O–H groups in total. The van der Waals surface area contributed by atoms with Crippen LogP contribution in [0.2, 0.25) is 19.6 Å². The summed E-state index contributed by atoms with van der Waals surface area (Å²) in [5.41, 5.74) is 0.348. The first-order valence-corrected chi connectivity index (χ1v) is 13.9. The van der Waals surface area contributed by atoms with Crippen molar-refractivity contribution in [3.63, 3.8) is 0 Å². The summed E-state index contributed by atoms with van der Waals surface area (Å²) in [5, 5.41) is 9.39. The lowest BCUT2D eigenvalue weighted by atomic mass is 9.60. The third-order valence-electron chi connectivity index (χ3n) is 6.95. The highest BCUT2D eigenvalue weighted by Gasteiger charge is 2.54. The summed E-state index contributed by atoms with van der Waals surface area (Å²) in [6.45, 7) is 13.5. The Balaban J connectivity index is 2.17. The standard InChI is InChI=1S/C21H40O3Si/c1-7-9-16(14-15(2)20(22)23)17-11-12-18-19(24-25(4,5)6)10-8-13-21(17,18)3/h15-19H,7-14H2,1-6H3,(H,22,23)/t15?,16-,17-,18?,19?,21-/m1/s1. The smallest absolute Gasteiger partial charge is 0.306 e. The van der Waals surface area contributed by atoms with Gasteiger partial charge in [-0.1, -0.05) is 40.0 Å². The number of hydrogen-bond donors (Lipinski definition) is 1. The van der Waals surface area contributed by atoms with Crippen LogP contribution in [-0.2, 0) is 9.22 Å². The van der Waals surface area contributed by atoms with Crippen molar-refractivity contribution in [2.75, 3.05) is 0 Å². The first-order valence-electron chi connectivity index (χ1n) is 10.5. The minimum atomic E-state index is -1.52. The van der Waals surface area contributed by atoms with Crippen LogP contribution in [-0.4, -0.2) is 25.5 Å². The highest BCUT2D eigenvalue weighted by molar-refractivity contribution is 6.69. The summed E-state index contributed by atoms with van der Waals surface area (Å²) in [5.74, 6) is 1.04. The van der Waals surface area contributed by atoms with Crippen molar-refractivity contribution in [1.29, 1.82) is 0 Å². The second-order valence-corrected chi connectivity index (χ2v) is 14.4. The maximum atomic E-state index is 11.4. The molecule has 146 valence electrons. The van der Waals surface area contributed by atoms with Crippen LogP contribution in [0, 0.1) is 29.1 Å². The molecule has 0 amide bonds. The molecule has 4 heteroatoms. The summed E-state index contributed by atoms with van der Waals surface area (Å²) in [4.78, 5) is 11.4. The Morgan fingerprint density at radius 3 is 2.52 bits per heavy atom. The van der Waals surface area contributed by atoms with Crippen LogP contribution in [0.4, 0.5) is 0 Å². The van der Waals surface area contributed by atoms with Gasteiger partial charge in [-0.3, -0.25) is 4.79 Å². The van der Waals surface area contributed by atoms with Crippen molar-refractivity contribution in [2.24, 2.45) is 29.1 Å². The van der Waals surface area contributed by atoms with Crippen LogP contribution in [0.25, 0.3) is 0 Å². The molecule has 0 aromatic rings. The summed E-state index contributed by atoms with van der Waals surface area (Å²) >= 11 is 0. The van der Waals surface area contributed by atoms with Gasteiger partial charge in [0, 0.05) is 6.10 Å². The number of hydrogen-bond acceptors (Lipinski definition) is 2. The first-order chi connectivity index (χ1) is 11.6. The molecule has 25 heavy (non-hydrogen) atoms. The molecule has 6 atom stereocenters. The lowest BCUT2D eigenvalue weighted by Crippen LogP contribution is -2.46. The quantitative estimate of drug-likeness (QED) is 0.538. The van der Waals surface area contributed by atoms with Gasteiger partial charge in [0.25, 0.3) is 0 Å². The molecule has 0 aliphatic heterocycles. The maximum absolute atomic E-state index is 11.4. The second kappa shape index (κ2) is 8.12. The molecule has 2 rings (SSSR count). The van der Waals surface area contributed by atoms with E-state index < -0.39 is 14.3 Å². The lowest BCUT2D eigenvalue weighted by Gasteiger charge is -2.48. The fraction of sp³-hybridized carbons (Fsp3) is 0.952. The molecule has 3 nitrogen and oxygen atoms in total. The van der Waals surface area contributed by atoms with Gasteiger partial charge in [-0.2, -0.15) is 0 Å². The molecular weight excluding hydrogens is 328 g/mol. The molecule has 0 saturated heterocycles. The Labute approximate surface area is 156 Å². The van der Waals surface area contributed by atoms with Crippen LogP contribution in [0.15, 0.2) is 0 Å². The third kappa shape index (κ3) is 4.88. The van der Waals surface area contributed by atoms with Gasteiger partial charge >= 0.3 is 5.97 Å².